The first-order valence-corrected chi connectivity index (χ1v) is 5.04. The van der Waals surface area contributed by atoms with Crippen LogP contribution in [0.5, 0.6) is 0 Å². The SMILES string of the molecule is CCOC(=O)CC#Cc1ccc(F)c(C)c1. The first-order chi connectivity index (χ1) is 7.63. The Hall–Kier alpha value is -1.82. The van der Waals surface area contributed by atoms with Crippen molar-refractivity contribution in [1.29, 1.82) is 0 Å². The van der Waals surface area contributed by atoms with Crippen LogP contribution in [0.1, 0.15) is 24.5 Å². The molecule has 0 N–H and O–H groups in total. The second-order valence-electron chi connectivity index (χ2n) is 3.25. The van der Waals surface area contributed by atoms with Crippen molar-refractivity contribution in [1.82, 2.24) is 0 Å². The summed E-state index contributed by atoms with van der Waals surface area (Å²) in [6.07, 6.45) is 0.0598. The number of benzene rings is 1. The summed E-state index contributed by atoms with van der Waals surface area (Å²) < 4.78 is 17.6. The van der Waals surface area contributed by atoms with Gasteiger partial charge in [0.25, 0.3) is 0 Å². The van der Waals surface area contributed by atoms with Crippen molar-refractivity contribution in [3.05, 3.63) is 35.1 Å². The molecule has 0 aliphatic carbocycles. The molecule has 0 saturated carbocycles. The number of carbonyl (C=O) groups is 1. The molecule has 0 atom stereocenters. The van der Waals surface area contributed by atoms with Gasteiger partial charge >= 0.3 is 5.97 Å². The highest BCUT2D eigenvalue weighted by Gasteiger charge is 1.98. The van der Waals surface area contributed by atoms with Crippen LogP contribution < -0.4 is 0 Å². The maximum absolute atomic E-state index is 12.9. The third-order valence-electron chi connectivity index (χ3n) is 1.93. The first kappa shape index (κ1) is 12.3. The molecule has 1 aromatic carbocycles. The Morgan fingerprint density at radius 3 is 2.88 bits per heavy atom. The number of esters is 1. The van der Waals surface area contributed by atoms with E-state index in [0.29, 0.717) is 17.7 Å². The molecule has 0 fully saturated rings. The van der Waals surface area contributed by atoms with Gasteiger partial charge in [0.05, 0.1) is 6.61 Å². The van der Waals surface area contributed by atoms with Crippen molar-refractivity contribution in [3.8, 4) is 11.8 Å². The van der Waals surface area contributed by atoms with Gasteiger partial charge in [0.1, 0.15) is 12.2 Å². The Labute approximate surface area is 94.4 Å². The summed E-state index contributed by atoms with van der Waals surface area (Å²) in [5.74, 6) is 4.88. The average Bonchev–Trinajstić information content (AvgIpc) is 2.24. The van der Waals surface area contributed by atoms with E-state index >= 15 is 0 Å². The van der Waals surface area contributed by atoms with Crippen LogP contribution in [0, 0.1) is 24.6 Å². The number of aryl methyl sites for hydroxylation is 1. The molecule has 84 valence electrons. The smallest absolute Gasteiger partial charge is 0.317 e. The van der Waals surface area contributed by atoms with E-state index in [-0.39, 0.29) is 18.2 Å². The Bertz CT molecular complexity index is 441. The lowest BCUT2D eigenvalue weighted by atomic mass is 10.1. The third kappa shape index (κ3) is 3.74. The van der Waals surface area contributed by atoms with Crippen molar-refractivity contribution < 1.29 is 13.9 Å². The minimum atomic E-state index is -0.339. The van der Waals surface area contributed by atoms with Crippen molar-refractivity contribution >= 4 is 5.97 Å². The Morgan fingerprint density at radius 1 is 1.50 bits per heavy atom. The predicted molar refractivity (Wildman–Crippen MR) is 59.3 cm³/mol. The number of hydrogen-bond acceptors (Lipinski definition) is 2. The lowest BCUT2D eigenvalue weighted by molar-refractivity contribution is -0.141. The summed E-state index contributed by atoms with van der Waals surface area (Å²) in [5.41, 5.74) is 1.24. The van der Waals surface area contributed by atoms with Gasteiger partial charge in [-0.2, -0.15) is 0 Å². The van der Waals surface area contributed by atoms with E-state index in [4.69, 9.17) is 4.74 Å². The third-order valence-corrected chi connectivity index (χ3v) is 1.93. The van der Waals surface area contributed by atoms with E-state index in [2.05, 4.69) is 11.8 Å². The molecular formula is C13H13FO2. The minimum absolute atomic E-state index is 0.0598. The Kier molecular flexibility index (Phi) is 4.53. The van der Waals surface area contributed by atoms with E-state index in [9.17, 15) is 9.18 Å². The largest absolute Gasteiger partial charge is 0.465 e. The van der Waals surface area contributed by atoms with Crippen LogP contribution in [-0.2, 0) is 9.53 Å². The molecule has 0 aromatic heterocycles. The van der Waals surface area contributed by atoms with Crippen LogP contribution in [-0.4, -0.2) is 12.6 Å². The molecule has 0 spiro atoms. The molecular weight excluding hydrogens is 207 g/mol. The van der Waals surface area contributed by atoms with Crippen molar-refractivity contribution in [2.75, 3.05) is 6.61 Å². The summed E-state index contributed by atoms with van der Waals surface area (Å²) in [5, 5.41) is 0. The topological polar surface area (TPSA) is 26.3 Å². The van der Waals surface area contributed by atoms with Crippen LogP contribution in [0.2, 0.25) is 0 Å². The van der Waals surface area contributed by atoms with E-state index < -0.39 is 0 Å². The first-order valence-electron chi connectivity index (χ1n) is 5.04. The number of rotatable bonds is 2. The highest BCUT2D eigenvalue weighted by molar-refractivity contribution is 5.72. The van der Waals surface area contributed by atoms with Gasteiger partial charge in [0, 0.05) is 5.56 Å². The summed E-state index contributed by atoms with van der Waals surface area (Å²) in [4.78, 5) is 11.0. The molecule has 0 radical (unpaired) electrons. The highest BCUT2D eigenvalue weighted by atomic mass is 19.1. The molecule has 0 saturated heterocycles. The van der Waals surface area contributed by atoms with Crippen LogP contribution in [0.3, 0.4) is 0 Å². The van der Waals surface area contributed by atoms with Gasteiger partial charge in [-0.15, -0.1) is 0 Å². The van der Waals surface area contributed by atoms with Crippen molar-refractivity contribution in [2.24, 2.45) is 0 Å². The van der Waals surface area contributed by atoms with E-state index in [1.165, 1.54) is 6.07 Å². The number of carbonyl (C=O) groups excluding carboxylic acids is 1. The fraction of sp³-hybridized carbons (Fsp3) is 0.308. The van der Waals surface area contributed by atoms with Crippen LogP contribution in [0.4, 0.5) is 4.39 Å². The molecule has 3 heteroatoms. The van der Waals surface area contributed by atoms with Gasteiger partial charge in [-0.05, 0) is 37.6 Å². The summed E-state index contributed by atoms with van der Waals surface area (Å²) in [6.45, 7) is 3.77. The van der Waals surface area contributed by atoms with E-state index in [1.807, 2.05) is 0 Å². The quantitative estimate of drug-likeness (QED) is 0.565. The standard InChI is InChI=1S/C13H13FO2/c1-3-16-13(15)6-4-5-11-7-8-12(14)10(2)9-11/h7-9H,3,6H2,1-2H3. The number of ether oxygens (including phenoxy) is 1. The zero-order chi connectivity index (χ0) is 12.0. The maximum Gasteiger partial charge on any atom is 0.317 e. The van der Waals surface area contributed by atoms with Crippen LogP contribution in [0.25, 0.3) is 0 Å². The molecule has 1 aromatic rings. The fourth-order valence-corrected chi connectivity index (χ4v) is 1.15. The second kappa shape index (κ2) is 5.92. The number of hydrogen-bond donors (Lipinski definition) is 0. The van der Waals surface area contributed by atoms with E-state index in [0.717, 1.165) is 0 Å². The van der Waals surface area contributed by atoms with E-state index in [1.54, 1.807) is 26.0 Å². The lowest BCUT2D eigenvalue weighted by Gasteiger charge is -1.96. The molecule has 1 rings (SSSR count). The Balaban J connectivity index is 2.63. The van der Waals surface area contributed by atoms with Gasteiger partial charge in [-0.1, -0.05) is 11.8 Å². The highest BCUT2D eigenvalue weighted by Crippen LogP contribution is 2.07. The molecule has 0 aliphatic rings. The summed E-state index contributed by atoms with van der Waals surface area (Å²) in [7, 11) is 0. The van der Waals surface area contributed by atoms with Gasteiger partial charge in [-0.3, -0.25) is 4.79 Å². The molecule has 0 amide bonds. The predicted octanol–water partition coefficient (Wildman–Crippen LogP) is 2.44. The maximum atomic E-state index is 12.9. The molecule has 16 heavy (non-hydrogen) atoms. The van der Waals surface area contributed by atoms with Crippen LogP contribution in [0.15, 0.2) is 18.2 Å². The second-order valence-corrected chi connectivity index (χ2v) is 3.25. The Morgan fingerprint density at radius 2 is 2.25 bits per heavy atom. The molecule has 0 aliphatic heterocycles. The zero-order valence-electron chi connectivity index (χ0n) is 9.34. The molecule has 0 unspecified atom stereocenters. The van der Waals surface area contributed by atoms with Crippen LogP contribution >= 0.6 is 0 Å². The average molecular weight is 220 g/mol. The zero-order valence-corrected chi connectivity index (χ0v) is 9.34. The van der Waals surface area contributed by atoms with Crippen molar-refractivity contribution in [3.63, 3.8) is 0 Å². The summed E-state index contributed by atoms with van der Waals surface area (Å²) in [6, 6.07) is 4.59. The molecule has 2 nitrogen and oxygen atoms in total. The van der Waals surface area contributed by atoms with Crippen molar-refractivity contribution in [2.45, 2.75) is 20.3 Å². The molecule has 0 bridgehead atoms. The van der Waals surface area contributed by atoms with Gasteiger partial charge in [0.15, 0.2) is 0 Å². The monoisotopic (exact) mass is 220 g/mol. The molecule has 0 heterocycles. The lowest BCUT2D eigenvalue weighted by Crippen LogP contribution is -2.01. The van der Waals surface area contributed by atoms with Gasteiger partial charge in [-0.25, -0.2) is 4.39 Å². The number of halogens is 1. The fourth-order valence-electron chi connectivity index (χ4n) is 1.15. The van der Waals surface area contributed by atoms with Gasteiger partial charge in [0.2, 0.25) is 0 Å². The van der Waals surface area contributed by atoms with Gasteiger partial charge < -0.3 is 4.74 Å². The normalized spacial score (nSPS) is 9.19. The minimum Gasteiger partial charge on any atom is -0.465 e. The summed E-state index contributed by atoms with van der Waals surface area (Å²) >= 11 is 0.